The Morgan fingerprint density at radius 2 is 2.25 bits per heavy atom. The Labute approximate surface area is 129 Å². The van der Waals surface area contributed by atoms with Crippen LogP contribution in [0.25, 0.3) is 0 Å². The van der Waals surface area contributed by atoms with Gasteiger partial charge in [-0.3, -0.25) is 0 Å². The van der Waals surface area contributed by atoms with E-state index in [1.54, 1.807) is 0 Å². The van der Waals surface area contributed by atoms with Crippen LogP contribution in [0, 0.1) is 5.92 Å². The van der Waals surface area contributed by atoms with Gasteiger partial charge in [-0.05, 0) is 52.9 Å². The molecule has 0 amide bonds. The predicted molar refractivity (Wildman–Crippen MR) is 83.0 cm³/mol. The van der Waals surface area contributed by atoms with Gasteiger partial charge in [-0.2, -0.15) is 0 Å². The van der Waals surface area contributed by atoms with E-state index in [1.165, 1.54) is 0 Å². The van der Waals surface area contributed by atoms with Gasteiger partial charge >= 0.3 is 0 Å². The van der Waals surface area contributed by atoms with Gasteiger partial charge in [0.15, 0.2) is 0 Å². The minimum Gasteiger partial charge on any atom is -0.492 e. The number of aliphatic hydroxyl groups is 1. The smallest absolute Gasteiger partial charge is 0.133 e. The zero-order valence-corrected chi connectivity index (χ0v) is 13.7. The quantitative estimate of drug-likeness (QED) is 0.846. The van der Waals surface area contributed by atoms with Gasteiger partial charge in [-0.15, -0.1) is 0 Å². The molecule has 1 heterocycles. The number of benzene rings is 1. The van der Waals surface area contributed by atoms with Gasteiger partial charge in [-0.1, -0.05) is 19.9 Å². The second kappa shape index (κ2) is 7.43. The minimum atomic E-state index is -0.473. The molecular formula is C16H23BrO3. The van der Waals surface area contributed by atoms with Crippen molar-refractivity contribution in [2.45, 2.75) is 45.3 Å². The second-order valence-electron chi connectivity index (χ2n) is 5.25. The third kappa shape index (κ3) is 3.54. The lowest BCUT2D eigenvalue weighted by molar-refractivity contribution is 0.0307. The molecule has 1 aromatic rings. The molecule has 0 radical (unpaired) electrons. The Morgan fingerprint density at radius 3 is 2.90 bits per heavy atom. The fourth-order valence-electron chi connectivity index (χ4n) is 2.72. The number of aliphatic hydroxyl groups excluding tert-OH is 1. The van der Waals surface area contributed by atoms with Crippen molar-refractivity contribution in [3.63, 3.8) is 0 Å². The molecule has 112 valence electrons. The molecule has 1 aromatic carbocycles. The maximum Gasteiger partial charge on any atom is 0.133 e. The summed E-state index contributed by atoms with van der Waals surface area (Å²) < 4.78 is 12.2. The number of hydrogen-bond acceptors (Lipinski definition) is 3. The summed E-state index contributed by atoms with van der Waals surface area (Å²) >= 11 is 3.52. The molecule has 4 heteroatoms. The molecule has 0 spiro atoms. The van der Waals surface area contributed by atoms with Crippen LogP contribution in [-0.4, -0.2) is 24.4 Å². The first kappa shape index (κ1) is 15.8. The van der Waals surface area contributed by atoms with Crippen LogP contribution < -0.4 is 4.74 Å². The molecule has 3 atom stereocenters. The summed E-state index contributed by atoms with van der Waals surface area (Å²) in [7, 11) is 0. The lowest BCUT2D eigenvalue weighted by Crippen LogP contribution is -2.22. The van der Waals surface area contributed by atoms with Crippen LogP contribution in [0.3, 0.4) is 0 Å². The van der Waals surface area contributed by atoms with E-state index in [2.05, 4.69) is 29.8 Å². The average Bonchev–Trinajstić information content (AvgIpc) is 2.93. The van der Waals surface area contributed by atoms with E-state index in [4.69, 9.17) is 9.47 Å². The maximum absolute atomic E-state index is 10.6. The van der Waals surface area contributed by atoms with Crippen molar-refractivity contribution < 1.29 is 14.6 Å². The largest absolute Gasteiger partial charge is 0.492 e. The fraction of sp³-hybridized carbons (Fsp3) is 0.625. The van der Waals surface area contributed by atoms with Crippen LogP contribution in [0.15, 0.2) is 22.7 Å². The second-order valence-corrected chi connectivity index (χ2v) is 6.11. The molecular weight excluding hydrogens is 320 g/mol. The number of halogens is 1. The van der Waals surface area contributed by atoms with Gasteiger partial charge < -0.3 is 14.6 Å². The van der Waals surface area contributed by atoms with Crippen molar-refractivity contribution in [2.75, 3.05) is 13.2 Å². The molecule has 0 aliphatic carbocycles. The Hall–Kier alpha value is -0.580. The Bertz CT molecular complexity index is 436. The molecule has 1 saturated heterocycles. The normalized spacial score (nSPS) is 23.8. The molecule has 2 rings (SSSR count). The SMILES string of the molecule is CCCOc1ccc(C(O)C2CCOC2CC)cc1Br. The zero-order chi connectivity index (χ0) is 14.5. The van der Waals surface area contributed by atoms with E-state index < -0.39 is 6.10 Å². The van der Waals surface area contributed by atoms with Crippen molar-refractivity contribution >= 4 is 15.9 Å². The molecule has 20 heavy (non-hydrogen) atoms. The summed E-state index contributed by atoms with van der Waals surface area (Å²) in [5, 5.41) is 10.6. The number of ether oxygens (including phenoxy) is 2. The average molecular weight is 343 g/mol. The van der Waals surface area contributed by atoms with Crippen molar-refractivity contribution in [3.05, 3.63) is 28.2 Å². The number of rotatable bonds is 6. The van der Waals surface area contributed by atoms with Gasteiger partial charge in [0.2, 0.25) is 0 Å². The Morgan fingerprint density at radius 1 is 1.45 bits per heavy atom. The van der Waals surface area contributed by atoms with Crippen LogP contribution in [0.5, 0.6) is 5.75 Å². The predicted octanol–water partition coefficient (Wildman–Crippen LogP) is 4.09. The topological polar surface area (TPSA) is 38.7 Å². The lowest BCUT2D eigenvalue weighted by atomic mass is 9.89. The van der Waals surface area contributed by atoms with E-state index in [9.17, 15) is 5.11 Å². The van der Waals surface area contributed by atoms with Crippen molar-refractivity contribution in [1.82, 2.24) is 0 Å². The van der Waals surface area contributed by atoms with Gasteiger partial charge in [0.25, 0.3) is 0 Å². The molecule has 0 bridgehead atoms. The lowest BCUT2D eigenvalue weighted by Gasteiger charge is -2.23. The van der Waals surface area contributed by atoms with Crippen molar-refractivity contribution in [1.29, 1.82) is 0 Å². The van der Waals surface area contributed by atoms with Crippen LogP contribution in [0.2, 0.25) is 0 Å². The van der Waals surface area contributed by atoms with Crippen molar-refractivity contribution in [3.8, 4) is 5.75 Å². The molecule has 1 aliphatic rings. The highest BCUT2D eigenvalue weighted by atomic mass is 79.9. The molecule has 1 aliphatic heterocycles. The molecule has 0 aromatic heterocycles. The van der Waals surface area contributed by atoms with Crippen LogP contribution in [-0.2, 0) is 4.74 Å². The first-order valence-corrected chi connectivity index (χ1v) is 8.18. The van der Waals surface area contributed by atoms with Gasteiger partial charge in [0.1, 0.15) is 5.75 Å². The van der Waals surface area contributed by atoms with Crippen molar-refractivity contribution in [2.24, 2.45) is 5.92 Å². The van der Waals surface area contributed by atoms with Gasteiger partial charge in [-0.25, -0.2) is 0 Å². The van der Waals surface area contributed by atoms with Crippen LogP contribution in [0.1, 0.15) is 44.8 Å². The summed E-state index contributed by atoms with van der Waals surface area (Å²) in [5.41, 5.74) is 0.926. The van der Waals surface area contributed by atoms with E-state index >= 15 is 0 Å². The monoisotopic (exact) mass is 342 g/mol. The van der Waals surface area contributed by atoms with E-state index in [1.807, 2.05) is 18.2 Å². The van der Waals surface area contributed by atoms with E-state index in [0.717, 1.165) is 41.7 Å². The molecule has 3 nitrogen and oxygen atoms in total. The van der Waals surface area contributed by atoms with Crippen LogP contribution >= 0.6 is 15.9 Å². The summed E-state index contributed by atoms with van der Waals surface area (Å²) in [6.45, 7) is 5.64. The summed E-state index contributed by atoms with van der Waals surface area (Å²) in [4.78, 5) is 0. The molecule has 1 N–H and O–H groups in total. The first-order valence-electron chi connectivity index (χ1n) is 7.39. The van der Waals surface area contributed by atoms with Gasteiger partial charge in [0.05, 0.1) is 23.3 Å². The van der Waals surface area contributed by atoms with Crippen LogP contribution in [0.4, 0.5) is 0 Å². The number of hydrogen-bond donors (Lipinski definition) is 1. The highest BCUT2D eigenvalue weighted by molar-refractivity contribution is 9.10. The highest BCUT2D eigenvalue weighted by Crippen LogP contribution is 2.37. The molecule has 0 saturated carbocycles. The van der Waals surface area contributed by atoms with E-state index in [-0.39, 0.29) is 12.0 Å². The van der Waals surface area contributed by atoms with E-state index in [0.29, 0.717) is 6.61 Å². The maximum atomic E-state index is 10.6. The van der Waals surface area contributed by atoms with Gasteiger partial charge in [0, 0.05) is 12.5 Å². The third-order valence-corrected chi connectivity index (χ3v) is 4.45. The molecule has 1 fully saturated rings. The zero-order valence-electron chi connectivity index (χ0n) is 12.1. The third-order valence-electron chi connectivity index (χ3n) is 3.83. The fourth-order valence-corrected chi connectivity index (χ4v) is 3.24. The summed E-state index contributed by atoms with van der Waals surface area (Å²) in [5.74, 6) is 1.02. The Kier molecular flexibility index (Phi) is 5.87. The minimum absolute atomic E-state index is 0.166. The Balaban J connectivity index is 2.10. The standard InChI is InChI=1S/C16H23BrO3/c1-3-8-19-15-6-5-11(10-13(15)17)16(18)12-7-9-20-14(12)4-2/h5-6,10,12,14,16,18H,3-4,7-9H2,1-2H3. The summed E-state index contributed by atoms with van der Waals surface area (Å²) in [6.07, 6.45) is 2.54. The first-order chi connectivity index (χ1) is 9.67. The molecule has 3 unspecified atom stereocenters. The summed E-state index contributed by atoms with van der Waals surface area (Å²) in [6, 6.07) is 5.83. The highest BCUT2D eigenvalue weighted by Gasteiger charge is 2.33.